The molecule has 0 aliphatic carbocycles. The number of hydrogen-bond donors (Lipinski definition) is 1. The van der Waals surface area contributed by atoms with Crippen LogP contribution < -0.4 is 5.56 Å². The Labute approximate surface area is 136 Å². The first-order valence-electron chi connectivity index (χ1n) is 7.42. The summed E-state index contributed by atoms with van der Waals surface area (Å²) in [7, 11) is 0. The number of aromatic nitrogens is 2. The van der Waals surface area contributed by atoms with Gasteiger partial charge in [-0.1, -0.05) is 24.3 Å². The van der Waals surface area contributed by atoms with E-state index in [2.05, 4.69) is 4.98 Å². The summed E-state index contributed by atoms with van der Waals surface area (Å²) in [5, 5.41) is 9.43. The van der Waals surface area contributed by atoms with Gasteiger partial charge in [-0.15, -0.1) is 0 Å². The van der Waals surface area contributed by atoms with Crippen LogP contribution in [-0.4, -0.2) is 25.7 Å². The van der Waals surface area contributed by atoms with Crippen LogP contribution in [0.4, 0.5) is 13.2 Å². The van der Waals surface area contributed by atoms with Crippen molar-refractivity contribution in [3.63, 3.8) is 0 Å². The predicted molar refractivity (Wildman–Crippen MR) is 80.3 cm³/mol. The van der Waals surface area contributed by atoms with E-state index in [1.165, 1.54) is 0 Å². The van der Waals surface area contributed by atoms with Crippen molar-refractivity contribution in [2.45, 2.75) is 38.8 Å². The Morgan fingerprint density at radius 3 is 2.38 bits per heavy atom. The van der Waals surface area contributed by atoms with E-state index >= 15 is 0 Å². The molecule has 2 heterocycles. The van der Waals surface area contributed by atoms with Gasteiger partial charge in [0.05, 0.1) is 12.2 Å². The van der Waals surface area contributed by atoms with Crippen molar-refractivity contribution >= 4 is 0 Å². The van der Waals surface area contributed by atoms with Crippen LogP contribution in [0.2, 0.25) is 0 Å². The summed E-state index contributed by atoms with van der Waals surface area (Å²) in [6, 6.07) is 7.24. The first kappa shape index (κ1) is 16.5. The van der Waals surface area contributed by atoms with E-state index in [0.29, 0.717) is 17.7 Å². The Balaban J connectivity index is 1.95. The van der Waals surface area contributed by atoms with Gasteiger partial charge in [-0.2, -0.15) is 13.2 Å². The van der Waals surface area contributed by atoms with Crippen LogP contribution in [0.15, 0.2) is 35.3 Å². The van der Waals surface area contributed by atoms with Crippen molar-refractivity contribution in [3.8, 4) is 5.75 Å². The third-order valence-corrected chi connectivity index (χ3v) is 4.18. The molecular formula is C16H16F3N3O2. The summed E-state index contributed by atoms with van der Waals surface area (Å²) >= 11 is 0. The topological polar surface area (TPSA) is 58.4 Å². The molecule has 3 rings (SSSR count). The molecule has 0 radical (unpaired) electrons. The Morgan fingerprint density at radius 1 is 1.25 bits per heavy atom. The predicted octanol–water partition coefficient (Wildman–Crippen LogP) is 2.59. The second-order valence-electron chi connectivity index (χ2n) is 5.86. The number of rotatable bonds is 3. The lowest BCUT2D eigenvalue weighted by Crippen LogP contribution is -2.35. The van der Waals surface area contributed by atoms with E-state index in [0.717, 1.165) is 17.3 Å². The summed E-state index contributed by atoms with van der Waals surface area (Å²) in [6.45, 7) is 1.37. The van der Waals surface area contributed by atoms with Crippen LogP contribution in [0, 0.1) is 0 Å². The van der Waals surface area contributed by atoms with Crippen molar-refractivity contribution in [1.29, 1.82) is 0 Å². The third-order valence-electron chi connectivity index (χ3n) is 4.18. The molecule has 128 valence electrons. The highest BCUT2D eigenvalue weighted by Gasteiger charge is 2.33. The largest absolute Gasteiger partial charge is 0.502 e. The van der Waals surface area contributed by atoms with Crippen LogP contribution in [0.5, 0.6) is 5.75 Å². The van der Waals surface area contributed by atoms with Crippen molar-refractivity contribution in [2.75, 3.05) is 0 Å². The van der Waals surface area contributed by atoms with Gasteiger partial charge in [-0.25, -0.2) is 4.98 Å². The monoisotopic (exact) mass is 339 g/mol. The maximum atomic E-state index is 12.8. The maximum absolute atomic E-state index is 12.8. The van der Waals surface area contributed by atoms with Gasteiger partial charge in [0.25, 0.3) is 5.56 Å². The molecule has 1 aliphatic rings. The summed E-state index contributed by atoms with van der Waals surface area (Å²) in [5.74, 6) is -0.803. The van der Waals surface area contributed by atoms with E-state index < -0.39 is 30.1 Å². The van der Waals surface area contributed by atoms with Crippen molar-refractivity contribution < 1.29 is 18.3 Å². The Hall–Kier alpha value is -2.35. The van der Waals surface area contributed by atoms with Crippen LogP contribution in [0.3, 0.4) is 0 Å². The smallest absolute Gasteiger partial charge is 0.406 e. The van der Waals surface area contributed by atoms with Crippen LogP contribution in [0.25, 0.3) is 0 Å². The van der Waals surface area contributed by atoms with Gasteiger partial charge in [0.1, 0.15) is 12.4 Å². The highest BCUT2D eigenvalue weighted by molar-refractivity contribution is 5.30. The Kier molecular flexibility index (Phi) is 4.08. The molecule has 0 saturated carbocycles. The molecule has 8 heteroatoms. The van der Waals surface area contributed by atoms with E-state index in [1.54, 1.807) is 6.92 Å². The fourth-order valence-electron chi connectivity index (χ4n) is 2.96. The molecular weight excluding hydrogens is 323 g/mol. The highest BCUT2D eigenvalue weighted by atomic mass is 19.4. The molecule has 1 atom stereocenters. The normalized spacial score (nSPS) is 16.2. The Bertz CT molecular complexity index is 792. The lowest BCUT2D eigenvalue weighted by Gasteiger charge is -2.26. The quantitative estimate of drug-likeness (QED) is 0.934. The van der Waals surface area contributed by atoms with Gasteiger partial charge < -0.3 is 5.11 Å². The summed E-state index contributed by atoms with van der Waals surface area (Å²) in [4.78, 5) is 17.8. The van der Waals surface area contributed by atoms with Gasteiger partial charge in [0, 0.05) is 13.1 Å². The summed E-state index contributed by atoms with van der Waals surface area (Å²) < 4.78 is 38.9. The second-order valence-corrected chi connectivity index (χ2v) is 5.86. The van der Waals surface area contributed by atoms with Crippen molar-refractivity contribution in [1.82, 2.24) is 14.5 Å². The SMILES string of the molecule is C[C@@H](c1ncc(O)c(=O)n1CC(F)(F)F)N1Cc2ccccc2C1. The number of fused-ring (bicyclic) bond motifs is 1. The number of hydrogen-bond acceptors (Lipinski definition) is 4. The summed E-state index contributed by atoms with van der Waals surface area (Å²) in [6.07, 6.45) is -3.67. The second kappa shape index (κ2) is 5.94. The van der Waals surface area contributed by atoms with Crippen LogP contribution >= 0.6 is 0 Å². The van der Waals surface area contributed by atoms with Gasteiger partial charge in [0.2, 0.25) is 0 Å². The van der Waals surface area contributed by atoms with Gasteiger partial charge >= 0.3 is 6.18 Å². The molecule has 1 aromatic heterocycles. The minimum atomic E-state index is -4.58. The maximum Gasteiger partial charge on any atom is 0.406 e. The first-order valence-corrected chi connectivity index (χ1v) is 7.42. The zero-order chi connectivity index (χ0) is 17.5. The zero-order valence-electron chi connectivity index (χ0n) is 12.9. The van der Waals surface area contributed by atoms with Crippen LogP contribution in [0.1, 0.15) is 29.9 Å². The third kappa shape index (κ3) is 3.14. The molecule has 0 bridgehead atoms. The van der Waals surface area contributed by atoms with Gasteiger partial charge in [-0.3, -0.25) is 14.3 Å². The zero-order valence-corrected chi connectivity index (χ0v) is 12.9. The fourth-order valence-corrected chi connectivity index (χ4v) is 2.96. The number of aromatic hydroxyl groups is 1. The number of alkyl halides is 3. The molecule has 0 unspecified atom stereocenters. The highest BCUT2D eigenvalue weighted by Crippen LogP contribution is 2.30. The molecule has 24 heavy (non-hydrogen) atoms. The minimum absolute atomic E-state index is 0.0112. The lowest BCUT2D eigenvalue weighted by molar-refractivity contribution is -0.142. The molecule has 0 fully saturated rings. The standard InChI is InChI=1S/C16H16F3N3O2/c1-10(21-7-11-4-2-3-5-12(11)8-21)14-20-6-13(23)15(24)22(14)9-16(17,18)19/h2-6,10,23H,7-9H2,1H3/t10-/m0/s1. The van der Waals surface area contributed by atoms with E-state index in [4.69, 9.17) is 0 Å². The van der Waals surface area contributed by atoms with Crippen molar-refractivity contribution in [2.24, 2.45) is 0 Å². The molecule has 5 nitrogen and oxygen atoms in total. The van der Waals surface area contributed by atoms with Crippen LogP contribution in [-0.2, 0) is 19.6 Å². The van der Waals surface area contributed by atoms with E-state index in [9.17, 15) is 23.1 Å². The molecule has 2 aromatic rings. The number of nitrogens with zero attached hydrogens (tertiary/aromatic N) is 3. The summed E-state index contributed by atoms with van der Waals surface area (Å²) in [5.41, 5.74) is 1.13. The average Bonchev–Trinajstić information content (AvgIpc) is 2.94. The molecule has 0 saturated heterocycles. The minimum Gasteiger partial charge on any atom is -0.502 e. The molecule has 0 spiro atoms. The van der Waals surface area contributed by atoms with E-state index in [1.807, 2.05) is 29.2 Å². The Morgan fingerprint density at radius 2 is 1.83 bits per heavy atom. The molecule has 1 aliphatic heterocycles. The van der Waals surface area contributed by atoms with E-state index in [-0.39, 0.29) is 5.82 Å². The first-order chi connectivity index (χ1) is 11.3. The van der Waals surface area contributed by atoms with Crippen molar-refractivity contribution in [3.05, 3.63) is 57.8 Å². The molecule has 0 amide bonds. The average molecular weight is 339 g/mol. The van der Waals surface area contributed by atoms with Gasteiger partial charge in [-0.05, 0) is 18.1 Å². The number of benzene rings is 1. The lowest BCUT2D eigenvalue weighted by atomic mass is 10.1. The molecule has 1 N–H and O–H groups in total. The molecule has 1 aromatic carbocycles. The van der Waals surface area contributed by atoms with Gasteiger partial charge in [0.15, 0.2) is 5.75 Å². The fraction of sp³-hybridized carbons (Fsp3) is 0.375. The number of halogens is 3.